The third-order valence-corrected chi connectivity index (χ3v) is 2.33. The molecule has 0 radical (unpaired) electrons. The van der Waals surface area contributed by atoms with Crippen LogP contribution in [0.2, 0.25) is 0 Å². The molecule has 0 spiro atoms. The minimum absolute atomic E-state index is 0. The fraction of sp³-hybridized carbons (Fsp3) is 1.00. The number of halogens is 4. The molecule has 1 heterocycles. The van der Waals surface area contributed by atoms with Crippen molar-refractivity contribution in [3.05, 3.63) is 0 Å². The van der Waals surface area contributed by atoms with Gasteiger partial charge in [-0.3, -0.25) is 4.39 Å². The first kappa shape index (κ1) is 21.0. The SMILES string of the molecule is C.C.CCC1(F)COCCCC1(F)F.CF. The molecule has 5 heteroatoms. The lowest BCUT2D eigenvalue weighted by molar-refractivity contribution is -0.155. The van der Waals surface area contributed by atoms with Crippen molar-refractivity contribution in [1.82, 2.24) is 0 Å². The van der Waals surface area contributed by atoms with E-state index in [2.05, 4.69) is 0 Å². The van der Waals surface area contributed by atoms with E-state index in [1.807, 2.05) is 0 Å². The van der Waals surface area contributed by atoms with Crippen molar-refractivity contribution in [3.63, 3.8) is 0 Å². The standard InChI is InChI=1S/C8H13F3O.CH3F.2CH4/c1-2-7(9)6-12-5-3-4-8(7,10)11;1-2;;/h2-6H2,1H3;1H3;2*1H4. The van der Waals surface area contributed by atoms with E-state index in [-0.39, 0.29) is 34.3 Å². The summed E-state index contributed by atoms with van der Waals surface area (Å²) in [5.41, 5.74) is -2.45. The Bertz CT molecular complexity index is 164. The molecular weight excluding hydrogens is 224 g/mol. The second-order valence-electron chi connectivity index (χ2n) is 3.18. The highest BCUT2D eigenvalue weighted by atomic mass is 19.3. The van der Waals surface area contributed by atoms with Crippen molar-refractivity contribution >= 4 is 0 Å². The highest BCUT2D eigenvalue weighted by Gasteiger charge is 2.54. The summed E-state index contributed by atoms with van der Waals surface area (Å²) in [7, 11) is 0.500. The summed E-state index contributed by atoms with van der Waals surface area (Å²) in [6, 6.07) is 0. The van der Waals surface area contributed by atoms with Crippen LogP contribution in [0, 0.1) is 0 Å². The van der Waals surface area contributed by atoms with Gasteiger partial charge in [0.05, 0.1) is 13.8 Å². The van der Waals surface area contributed by atoms with E-state index in [9.17, 15) is 17.6 Å². The Hall–Kier alpha value is -0.320. The Morgan fingerprint density at radius 3 is 2.06 bits per heavy atom. The fourth-order valence-electron chi connectivity index (χ4n) is 1.32. The number of ether oxygens (including phenoxy) is 1. The zero-order valence-corrected chi connectivity index (χ0v) is 8.46. The zero-order chi connectivity index (χ0) is 11.2. The van der Waals surface area contributed by atoms with E-state index in [0.29, 0.717) is 7.18 Å². The van der Waals surface area contributed by atoms with Crippen LogP contribution < -0.4 is 0 Å². The molecule has 102 valence electrons. The minimum atomic E-state index is -3.22. The lowest BCUT2D eigenvalue weighted by Gasteiger charge is -2.29. The first-order valence-electron chi connectivity index (χ1n) is 4.54. The van der Waals surface area contributed by atoms with Gasteiger partial charge in [0.1, 0.15) is 0 Å². The van der Waals surface area contributed by atoms with Gasteiger partial charge < -0.3 is 4.74 Å². The number of hydrogen-bond acceptors (Lipinski definition) is 1. The van der Waals surface area contributed by atoms with Crippen molar-refractivity contribution in [3.8, 4) is 0 Å². The molecule has 1 atom stereocenters. The van der Waals surface area contributed by atoms with Crippen LogP contribution in [0.15, 0.2) is 0 Å². The Morgan fingerprint density at radius 2 is 1.62 bits per heavy atom. The van der Waals surface area contributed by atoms with Crippen LogP contribution in [0.1, 0.15) is 41.0 Å². The summed E-state index contributed by atoms with van der Waals surface area (Å²) in [6.07, 6.45) is -0.365. The first-order valence-corrected chi connectivity index (χ1v) is 4.54. The van der Waals surface area contributed by atoms with Gasteiger partial charge >= 0.3 is 0 Å². The average Bonchev–Trinajstić information content (AvgIpc) is 2.31. The van der Waals surface area contributed by atoms with E-state index in [1.165, 1.54) is 6.92 Å². The largest absolute Gasteiger partial charge is 0.378 e. The third-order valence-electron chi connectivity index (χ3n) is 2.33. The lowest BCUT2D eigenvalue weighted by atomic mass is 9.93. The summed E-state index contributed by atoms with van der Waals surface area (Å²) in [6.45, 7) is 1.18. The molecule has 1 aliphatic rings. The number of rotatable bonds is 1. The molecule has 1 aliphatic heterocycles. The number of hydrogen-bond donors (Lipinski definition) is 0. The van der Waals surface area contributed by atoms with Crippen LogP contribution >= 0.6 is 0 Å². The van der Waals surface area contributed by atoms with E-state index in [4.69, 9.17) is 4.74 Å². The van der Waals surface area contributed by atoms with Crippen LogP contribution in [0.25, 0.3) is 0 Å². The van der Waals surface area contributed by atoms with Crippen LogP contribution in [-0.2, 0) is 4.74 Å². The van der Waals surface area contributed by atoms with E-state index in [0.717, 1.165) is 0 Å². The summed E-state index contributed by atoms with van der Waals surface area (Å²) in [5, 5.41) is 0. The van der Waals surface area contributed by atoms with Crippen molar-refractivity contribution in [2.75, 3.05) is 20.4 Å². The average molecular weight is 248 g/mol. The van der Waals surface area contributed by atoms with Crippen LogP contribution in [0.4, 0.5) is 17.6 Å². The Balaban J connectivity index is -0.000000399. The molecule has 1 fully saturated rings. The molecule has 1 rings (SSSR count). The molecule has 16 heavy (non-hydrogen) atoms. The summed E-state index contributed by atoms with van der Waals surface area (Å²) >= 11 is 0. The lowest BCUT2D eigenvalue weighted by Crippen LogP contribution is -2.46. The Kier molecular flexibility index (Phi) is 11.5. The van der Waals surface area contributed by atoms with E-state index in [1.54, 1.807) is 0 Å². The molecule has 0 aromatic carbocycles. The Morgan fingerprint density at radius 1 is 1.12 bits per heavy atom. The minimum Gasteiger partial charge on any atom is -0.378 e. The van der Waals surface area contributed by atoms with Gasteiger partial charge in [0.25, 0.3) is 5.92 Å². The van der Waals surface area contributed by atoms with Gasteiger partial charge in [0.2, 0.25) is 0 Å². The van der Waals surface area contributed by atoms with Gasteiger partial charge in [-0.2, -0.15) is 0 Å². The van der Waals surface area contributed by atoms with E-state index < -0.39 is 24.6 Å². The molecule has 0 N–H and O–H groups in total. The quantitative estimate of drug-likeness (QED) is 0.625. The smallest absolute Gasteiger partial charge is 0.283 e. The van der Waals surface area contributed by atoms with Gasteiger partial charge in [-0.25, -0.2) is 13.2 Å². The predicted molar refractivity (Wildman–Crippen MR) is 59.6 cm³/mol. The molecular formula is C11H24F4O. The van der Waals surface area contributed by atoms with Crippen LogP contribution in [0.5, 0.6) is 0 Å². The molecule has 0 bridgehead atoms. The maximum absolute atomic E-state index is 13.5. The van der Waals surface area contributed by atoms with Crippen LogP contribution in [0.3, 0.4) is 0 Å². The third kappa shape index (κ3) is 4.68. The predicted octanol–water partition coefficient (Wildman–Crippen LogP) is 4.41. The second kappa shape index (κ2) is 8.79. The number of alkyl halides is 4. The topological polar surface area (TPSA) is 9.23 Å². The first-order chi connectivity index (χ1) is 6.52. The highest BCUT2D eigenvalue weighted by Crippen LogP contribution is 2.40. The van der Waals surface area contributed by atoms with Gasteiger partial charge in [0, 0.05) is 13.0 Å². The highest BCUT2D eigenvalue weighted by molar-refractivity contribution is 4.94. The van der Waals surface area contributed by atoms with Crippen molar-refractivity contribution in [2.24, 2.45) is 0 Å². The van der Waals surface area contributed by atoms with Crippen molar-refractivity contribution < 1.29 is 22.3 Å². The normalized spacial score (nSPS) is 27.4. The molecule has 0 saturated carbocycles. The van der Waals surface area contributed by atoms with Gasteiger partial charge in [-0.05, 0) is 12.8 Å². The summed E-state index contributed by atoms with van der Waals surface area (Å²) in [4.78, 5) is 0. The second-order valence-corrected chi connectivity index (χ2v) is 3.18. The molecule has 0 aromatic rings. The maximum atomic E-state index is 13.5. The molecule has 1 unspecified atom stereocenters. The van der Waals surface area contributed by atoms with E-state index >= 15 is 0 Å². The van der Waals surface area contributed by atoms with Crippen molar-refractivity contribution in [1.29, 1.82) is 0 Å². The summed E-state index contributed by atoms with van der Waals surface area (Å²) < 4.78 is 53.9. The van der Waals surface area contributed by atoms with Gasteiger partial charge in [-0.15, -0.1) is 0 Å². The van der Waals surface area contributed by atoms with Gasteiger partial charge in [0.15, 0.2) is 5.67 Å². The zero-order valence-electron chi connectivity index (χ0n) is 8.46. The monoisotopic (exact) mass is 248 g/mol. The Labute approximate surface area is 96.2 Å². The molecule has 1 saturated heterocycles. The van der Waals surface area contributed by atoms with Gasteiger partial charge in [-0.1, -0.05) is 21.8 Å². The molecule has 0 aliphatic carbocycles. The summed E-state index contributed by atoms with van der Waals surface area (Å²) in [5.74, 6) is -3.22. The molecule has 1 nitrogen and oxygen atoms in total. The molecule has 0 aromatic heterocycles. The molecule has 0 amide bonds. The maximum Gasteiger partial charge on any atom is 0.283 e. The fourth-order valence-corrected chi connectivity index (χ4v) is 1.32. The van der Waals surface area contributed by atoms with Crippen molar-refractivity contribution in [2.45, 2.75) is 52.6 Å². The van der Waals surface area contributed by atoms with Crippen LogP contribution in [-0.4, -0.2) is 32.0 Å².